The molecule has 0 radical (unpaired) electrons. The van der Waals surface area contributed by atoms with Crippen LogP contribution >= 0.6 is 11.8 Å². The summed E-state index contributed by atoms with van der Waals surface area (Å²) in [6.45, 7) is 8.38. The number of nitrogens with two attached hydrogens (primary N) is 1. The number of rotatable bonds is 6. The van der Waals surface area contributed by atoms with Crippen molar-refractivity contribution in [2.24, 2.45) is 5.73 Å². The van der Waals surface area contributed by atoms with Crippen molar-refractivity contribution in [3.05, 3.63) is 47.1 Å². The molecule has 1 heterocycles. The van der Waals surface area contributed by atoms with Gasteiger partial charge in [0.1, 0.15) is 5.76 Å². The van der Waals surface area contributed by atoms with Gasteiger partial charge >= 0.3 is 0 Å². The van der Waals surface area contributed by atoms with Crippen LogP contribution in [-0.4, -0.2) is 21.8 Å². The number of hydrogen-bond acceptors (Lipinski definition) is 4. The fraction of sp³-hybridized carbons (Fsp3) is 0.429. The number of thioether (sulfide) groups is 1. The van der Waals surface area contributed by atoms with E-state index in [1.165, 1.54) is 5.57 Å². The second-order valence-corrected chi connectivity index (χ2v) is 6.81. The van der Waals surface area contributed by atoms with Gasteiger partial charge in [-0.15, -0.1) is 11.8 Å². The van der Waals surface area contributed by atoms with Crippen LogP contribution in [0.5, 0.6) is 0 Å². The summed E-state index contributed by atoms with van der Waals surface area (Å²) in [5, 5.41) is 0.0402. The van der Waals surface area contributed by atoms with Crippen molar-refractivity contribution in [2.45, 2.75) is 25.5 Å². The van der Waals surface area contributed by atoms with Gasteiger partial charge in [0.2, 0.25) is 11.1 Å². The standard InChI is InChI=1S/C14H21NO2S2/c1-11-9-14(19(16)17-13(11)3)10-18-12(2)7-5-4-6-8-15/h4-7,14H,2,8-10,15H2,1,3H3/b6-4-,7-5-. The van der Waals surface area contributed by atoms with Crippen LogP contribution in [0, 0.1) is 0 Å². The third-order valence-corrected chi connectivity index (χ3v) is 5.31. The van der Waals surface area contributed by atoms with Gasteiger partial charge in [-0.25, -0.2) is 4.21 Å². The van der Waals surface area contributed by atoms with E-state index in [4.69, 9.17) is 9.92 Å². The Bertz CT molecular complexity index is 439. The fourth-order valence-electron chi connectivity index (χ4n) is 1.50. The zero-order valence-electron chi connectivity index (χ0n) is 11.4. The Balaban J connectivity index is 2.41. The molecule has 0 spiro atoms. The molecule has 2 atom stereocenters. The van der Waals surface area contributed by atoms with Crippen LogP contribution in [0.2, 0.25) is 0 Å². The van der Waals surface area contributed by atoms with E-state index in [2.05, 4.69) is 6.58 Å². The Morgan fingerprint density at radius 1 is 1.58 bits per heavy atom. The Morgan fingerprint density at radius 2 is 2.32 bits per heavy atom. The molecule has 0 bridgehead atoms. The van der Waals surface area contributed by atoms with Gasteiger partial charge in [-0.1, -0.05) is 24.8 Å². The van der Waals surface area contributed by atoms with Gasteiger partial charge in [0.05, 0.1) is 5.25 Å². The van der Waals surface area contributed by atoms with Crippen molar-refractivity contribution < 1.29 is 8.39 Å². The summed E-state index contributed by atoms with van der Waals surface area (Å²) in [6.07, 6.45) is 8.43. The van der Waals surface area contributed by atoms with Crippen LogP contribution in [0.15, 0.2) is 47.1 Å². The average molecular weight is 299 g/mol. The van der Waals surface area contributed by atoms with E-state index >= 15 is 0 Å². The van der Waals surface area contributed by atoms with Crippen molar-refractivity contribution in [1.82, 2.24) is 0 Å². The van der Waals surface area contributed by atoms with Crippen LogP contribution in [0.25, 0.3) is 0 Å². The highest BCUT2D eigenvalue weighted by molar-refractivity contribution is 8.03. The molecule has 19 heavy (non-hydrogen) atoms. The lowest BCUT2D eigenvalue weighted by Gasteiger charge is -2.23. The molecule has 1 rings (SSSR count). The lowest BCUT2D eigenvalue weighted by atomic mass is 10.1. The highest BCUT2D eigenvalue weighted by atomic mass is 32.2. The summed E-state index contributed by atoms with van der Waals surface area (Å²) >= 11 is 0.378. The molecule has 1 aliphatic rings. The van der Waals surface area contributed by atoms with Crippen molar-refractivity contribution in [2.75, 3.05) is 12.3 Å². The van der Waals surface area contributed by atoms with Gasteiger partial charge in [0.25, 0.3) is 0 Å². The third-order valence-electron chi connectivity index (χ3n) is 2.73. The van der Waals surface area contributed by atoms with Crippen LogP contribution in [-0.2, 0) is 15.3 Å². The Morgan fingerprint density at radius 3 is 3.00 bits per heavy atom. The zero-order chi connectivity index (χ0) is 14.3. The first-order valence-electron chi connectivity index (χ1n) is 6.14. The van der Waals surface area contributed by atoms with Crippen molar-refractivity contribution in [3.63, 3.8) is 0 Å². The molecule has 0 saturated heterocycles. The van der Waals surface area contributed by atoms with E-state index in [1.807, 2.05) is 38.2 Å². The molecule has 0 fully saturated rings. The van der Waals surface area contributed by atoms with E-state index < -0.39 is 11.1 Å². The van der Waals surface area contributed by atoms with Crippen LogP contribution in [0.1, 0.15) is 20.3 Å². The molecule has 0 aliphatic carbocycles. The van der Waals surface area contributed by atoms with E-state index in [-0.39, 0.29) is 5.25 Å². The third kappa shape index (κ3) is 5.80. The van der Waals surface area contributed by atoms with Gasteiger partial charge < -0.3 is 9.92 Å². The smallest absolute Gasteiger partial charge is 0.210 e. The zero-order valence-corrected chi connectivity index (χ0v) is 13.1. The lowest BCUT2D eigenvalue weighted by molar-refractivity contribution is 0.426. The average Bonchev–Trinajstić information content (AvgIpc) is 2.37. The highest BCUT2D eigenvalue weighted by Crippen LogP contribution is 2.28. The molecule has 3 nitrogen and oxygen atoms in total. The quantitative estimate of drug-likeness (QED) is 0.766. The SMILES string of the molecule is C=C(/C=C\C=C/CN)SCC1CC(C)=C(C)OS1=O. The fourth-order valence-corrected chi connectivity index (χ4v) is 3.75. The van der Waals surface area contributed by atoms with E-state index in [0.717, 1.165) is 22.8 Å². The van der Waals surface area contributed by atoms with Gasteiger partial charge in [-0.2, -0.15) is 0 Å². The molecular formula is C14H21NO2S2. The first-order chi connectivity index (χ1) is 9.04. The molecule has 0 amide bonds. The van der Waals surface area contributed by atoms with Crippen molar-refractivity contribution in [3.8, 4) is 0 Å². The Labute approximate surface area is 122 Å². The normalized spacial score (nSPS) is 24.2. The molecule has 2 unspecified atom stereocenters. The minimum atomic E-state index is -1.23. The Hall–Kier alpha value is -0.780. The van der Waals surface area contributed by atoms with Crippen LogP contribution in [0.4, 0.5) is 0 Å². The van der Waals surface area contributed by atoms with Crippen LogP contribution < -0.4 is 5.73 Å². The molecule has 0 aromatic carbocycles. The Kier molecular flexibility index (Phi) is 7.20. The summed E-state index contributed by atoms with van der Waals surface area (Å²) in [6, 6.07) is 0. The second-order valence-electron chi connectivity index (χ2n) is 4.31. The molecule has 1 aliphatic heterocycles. The maximum atomic E-state index is 11.8. The van der Waals surface area contributed by atoms with Gasteiger partial charge in [0, 0.05) is 17.2 Å². The van der Waals surface area contributed by atoms with E-state index in [1.54, 1.807) is 11.8 Å². The predicted molar refractivity (Wildman–Crippen MR) is 84.9 cm³/mol. The summed E-state index contributed by atoms with van der Waals surface area (Å²) in [7, 11) is 0. The molecule has 0 saturated carbocycles. The van der Waals surface area contributed by atoms with Gasteiger partial charge in [-0.05, 0) is 31.9 Å². The van der Waals surface area contributed by atoms with Gasteiger partial charge in [-0.3, -0.25) is 0 Å². The first-order valence-corrected chi connectivity index (χ1v) is 8.27. The first kappa shape index (κ1) is 16.3. The molecule has 0 aromatic heterocycles. The molecular weight excluding hydrogens is 278 g/mol. The van der Waals surface area contributed by atoms with E-state index in [0.29, 0.717) is 6.54 Å². The largest absolute Gasteiger partial charge is 0.405 e. The van der Waals surface area contributed by atoms with Crippen molar-refractivity contribution in [1.29, 1.82) is 0 Å². The summed E-state index contributed by atoms with van der Waals surface area (Å²) in [5.41, 5.74) is 6.52. The summed E-state index contributed by atoms with van der Waals surface area (Å²) in [5.74, 6) is 1.55. The second kappa shape index (κ2) is 8.40. The van der Waals surface area contributed by atoms with Crippen LogP contribution in [0.3, 0.4) is 0 Å². The minimum Gasteiger partial charge on any atom is -0.405 e. The maximum absolute atomic E-state index is 11.8. The number of hydrogen-bond donors (Lipinski definition) is 1. The maximum Gasteiger partial charge on any atom is 0.210 e. The van der Waals surface area contributed by atoms with Gasteiger partial charge in [0.15, 0.2) is 0 Å². The summed E-state index contributed by atoms with van der Waals surface area (Å²) < 4.78 is 17.2. The summed E-state index contributed by atoms with van der Waals surface area (Å²) in [4.78, 5) is 0.947. The molecule has 2 N–H and O–H groups in total. The molecule has 106 valence electrons. The van der Waals surface area contributed by atoms with E-state index in [9.17, 15) is 4.21 Å². The minimum absolute atomic E-state index is 0.0402. The number of allylic oxidation sites excluding steroid dienone is 5. The van der Waals surface area contributed by atoms with Crippen molar-refractivity contribution >= 4 is 22.8 Å². The predicted octanol–water partition coefficient (Wildman–Crippen LogP) is 3.05. The molecule has 0 aromatic rings. The molecule has 5 heteroatoms. The lowest BCUT2D eigenvalue weighted by Crippen LogP contribution is -2.24. The highest BCUT2D eigenvalue weighted by Gasteiger charge is 2.25. The topological polar surface area (TPSA) is 52.3 Å². The monoisotopic (exact) mass is 299 g/mol.